The summed E-state index contributed by atoms with van der Waals surface area (Å²) in [5, 5.41) is 6.75. The number of hydrogen-bond donors (Lipinski definition) is 1. The Morgan fingerprint density at radius 3 is 1.67 bits per heavy atom. The van der Waals surface area contributed by atoms with Gasteiger partial charge in [-0.15, -0.1) is 0 Å². The minimum absolute atomic E-state index is 0. The number of aliphatic hydroxyl groups is 1. The Labute approximate surface area is 64.3 Å². The molecule has 0 aromatic carbocycles. The van der Waals surface area contributed by atoms with Crippen LogP contribution >= 0.6 is 0 Å². The van der Waals surface area contributed by atoms with Crippen molar-refractivity contribution in [3.63, 3.8) is 0 Å². The van der Waals surface area contributed by atoms with Gasteiger partial charge in [0.2, 0.25) is 0 Å². The van der Waals surface area contributed by atoms with E-state index >= 15 is 0 Å². The van der Waals surface area contributed by atoms with E-state index in [4.69, 9.17) is 5.11 Å². The van der Waals surface area contributed by atoms with Crippen LogP contribution in [0.25, 0.3) is 0 Å². The molecule has 6 heavy (non-hydrogen) atoms. The molecule has 35 valence electrons. The number of aliphatic hydroxyl groups excluding tert-OH is 1. The fourth-order valence-corrected chi connectivity index (χ4v) is 0. The Kier molecular flexibility index (Phi) is 109. The Hall–Kier alpha value is 0.804. The molecule has 0 aliphatic carbocycles. The summed E-state index contributed by atoms with van der Waals surface area (Å²) in [5.74, 6) is 0. The third kappa shape index (κ3) is 108. The van der Waals surface area contributed by atoms with Crippen molar-refractivity contribution >= 4 is 0 Å². The van der Waals surface area contributed by atoms with E-state index in [0.717, 1.165) is 0 Å². The molecule has 0 rings (SSSR count). The first kappa shape index (κ1) is 15.8. The van der Waals surface area contributed by atoms with Gasteiger partial charge in [-0.05, 0) is 0 Å². The van der Waals surface area contributed by atoms with Gasteiger partial charge in [0.1, 0.15) is 0 Å². The average Bonchev–Trinajstić information content (AvgIpc) is 1.46. The standard InChI is InChI=1S/C3H5.CH3O.Y/c1-3-2;1-2;/h1H2,2H3;2H,1H2;/q2*-1;. The largest absolute Gasteiger partial charge is 0.569 e. The van der Waals surface area contributed by atoms with Gasteiger partial charge in [0.25, 0.3) is 0 Å². The Balaban J connectivity index is -0.0000000275. The van der Waals surface area contributed by atoms with Crippen molar-refractivity contribution in [2.75, 3.05) is 0 Å². The second-order valence-corrected chi connectivity index (χ2v) is 0.354. The van der Waals surface area contributed by atoms with E-state index in [1.165, 1.54) is 0 Å². The van der Waals surface area contributed by atoms with Gasteiger partial charge in [-0.1, -0.05) is 0 Å². The molecule has 0 amide bonds. The fourth-order valence-electron chi connectivity index (χ4n) is 0. The van der Waals surface area contributed by atoms with Crippen LogP contribution in [0.15, 0.2) is 6.58 Å². The smallest absolute Gasteiger partial charge is 0 e. The second kappa shape index (κ2) is 41.2. The van der Waals surface area contributed by atoms with Gasteiger partial charge in [-0.2, -0.15) is 6.92 Å². The Morgan fingerprint density at radius 2 is 1.67 bits per heavy atom. The topological polar surface area (TPSA) is 20.2 Å². The summed E-state index contributed by atoms with van der Waals surface area (Å²) in [7, 11) is 2.25. The van der Waals surface area contributed by atoms with Crippen LogP contribution in [0.4, 0.5) is 0 Å². The van der Waals surface area contributed by atoms with Gasteiger partial charge in [-0.25, -0.2) is 7.11 Å². The molecular weight excluding hydrogens is 153 g/mol. The van der Waals surface area contributed by atoms with E-state index in [9.17, 15) is 0 Å². The predicted octanol–water partition coefficient (Wildman–Crippen LogP) is 1.14. The normalized spacial score (nSPS) is 3.17. The first-order valence-corrected chi connectivity index (χ1v) is 1.17. The zero-order valence-corrected chi connectivity index (χ0v) is 6.78. The van der Waals surface area contributed by atoms with E-state index in [1.807, 2.05) is 0 Å². The van der Waals surface area contributed by atoms with E-state index < -0.39 is 0 Å². The molecule has 0 saturated carbocycles. The van der Waals surface area contributed by atoms with Crippen molar-refractivity contribution in [2.45, 2.75) is 6.92 Å². The summed E-state index contributed by atoms with van der Waals surface area (Å²) in [6, 6.07) is 0. The molecule has 0 saturated heterocycles. The summed E-state index contributed by atoms with van der Waals surface area (Å²) in [6.07, 6.45) is 2.50. The van der Waals surface area contributed by atoms with Gasteiger partial charge in [-0.3, -0.25) is 6.58 Å². The summed E-state index contributed by atoms with van der Waals surface area (Å²) < 4.78 is 0. The molecule has 1 nitrogen and oxygen atoms in total. The molecule has 1 N–H and O–H groups in total. The second-order valence-electron chi connectivity index (χ2n) is 0.354. The first-order valence-electron chi connectivity index (χ1n) is 1.17. The monoisotopic (exact) mass is 161 g/mol. The molecule has 0 aliphatic heterocycles. The van der Waals surface area contributed by atoms with Crippen molar-refractivity contribution in [1.29, 1.82) is 0 Å². The van der Waals surface area contributed by atoms with Gasteiger partial charge in [0, 0.05) is 32.7 Å². The zero-order valence-electron chi connectivity index (χ0n) is 3.94. The first-order chi connectivity index (χ1) is 2.41. The SMILES string of the molecule is C=[C-]C.[CH2-]O.[Y]. The van der Waals surface area contributed by atoms with E-state index in [0.29, 0.717) is 0 Å². The number of rotatable bonds is 0. The Morgan fingerprint density at radius 1 is 1.67 bits per heavy atom. The molecule has 0 bridgehead atoms. The van der Waals surface area contributed by atoms with Crippen LogP contribution in [0, 0.1) is 13.2 Å². The average molecular weight is 161 g/mol. The molecule has 0 unspecified atom stereocenters. The molecular formula is C4H8OY-2. The molecule has 0 atom stereocenters. The third-order valence-corrected chi connectivity index (χ3v) is 0. The Bertz CT molecular complexity index is 15.0. The van der Waals surface area contributed by atoms with Crippen LogP contribution < -0.4 is 0 Å². The maximum Gasteiger partial charge on any atom is 0 e. The van der Waals surface area contributed by atoms with Crippen molar-refractivity contribution in [3.8, 4) is 0 Å². The van der Waals surface area contributed by atoms with Gasteiger partial charge in [0.15, 0.2) is 0 Å². The van der Waals surface area contributed by atoms with Gasteiger partial charge >= 0.3 is 0 Å². The zero-order chi connectivity index (χ0) is 4.71. The molecule has 0 aromatic rings. The van der Waals surface area contributed by atoms with Crippen LogP contribution in [0.5, 0.6) is 0 Å². The molecule has 2 heteroatoms. The molecule has 0 spiro atoms. The quantitative estimate of drug-likeness (QED) is 0.528. The van der Waals surface area contributed by atoms with Crippen molar-refractivity contribution in [1.82, 2.24) is 0 Å². The fraction of sp³-hybridized carbons (Fsp3) is 0.250. The molecule has 0 aliphatic rings. The van der Waals surface area contributed by atoms with Crippen LogP contribution in [0.1, 0.15) is 6.92 Å². The van der Waals surface area contributed by atoms with E-state index in [2.05, 4.69) is 19.8 Å². The molecule has 0 aromatic heterocycles. The van der Waals surface area contributed by atoms with Crippen molar-refractivity contribution in [3.05, 3.63) is 19.8 Å². The summed E-state index contributed by atoms with van der Waals surface area (Å²) in [4.78, 5) is 0. The molecule has 0 heterocycles. The summed E-state index contributed by atoms with van der Waals surface area (Å²) in [5.41, 5.74) is 0. The molecule has 0 fully saturated rings. The molecule has 1 radical (unpaired) electrons. The predicted molar refractivity (Wildman–Crippen MR) is 21.8 cm³/mol. The van der Waals surface area contributed by atoms with Gasteiger partial charge < -0.3 is 11.2 Å². The summed E-state index contributed by atoms with van der Waals surface area (Å²) in [6.45, 7) is 5.00. The number of hydrogen-bond acceptors (Lipinski definition) is 1. The maximum atomic E-state index is 6.75. The van der Waals surface area contributed by atoms with Crippen LogP contribution in [-0.4, -0.2) is 5.11 Å². The minimum atomic E-state index is 0. The van der Waals surface area contributed by atoms with Crippen LogP contribution in [0.2, 0.25) is 0 Å². The van der Waals surface area contributed by atoms with Crippen molar-refractivity contribution < 1.29 is 37.8 Å². The van der Waals surface area contributed by atoms with E-state index in [1.54, 1.807) is 6.92 Å². The third-order valence-electron chi connectivity index (χ3n) is 0. The van der Waals surface area contributed by atoms with Crippen molar-refractivity contribution in [2.24, 2.45) is 0 Å². The van der Waals surface area contributed by atoms with Crippen LogP contribution in [0.3, 0.4) is 0 Å². The van der Waals surface area contributed by atoms with E-state index in [-0.39, 0.29) is 32.7 Å². The summed E-state index contributed by atoms with van der Waals surface area (Å²) >= 11 is 0. The maximum absolute atomic E-state index is 6.75. The minimum Gasteiger partial charge on any atom is -0.569 e. The number of allylic oxidation sites excluding steroid dienone is 1. The van der Waals surface area contributed by atoms with Crippen LogP contribution in [-0.2, 0) is 32.7 Å². The van der Waals surface area contributed by atoms with Gasteiger partial charge in [0.05, 0.1) is 0 Å².